The highest BCUT2D eigenvalue weighted by Crippen LogP contribution is 2.32. The molecule has 0 aromatic heterocycles. The van der Waals surface area contributed by atoms with Crippen LogP contribution in [0, 0.1) is 5.92 Å². The van der Waals surface area contributed by atoms with Gasteiger partial charge in [0.1, 0.15) is 6.10 Å². The molecule has 3 heterocycles. The van der Waals surface area contributed by atoms with Gasteiger partial charge in [-0.15, -0.1) is 6.58 Å². The molecule has 3 aliphatic rings. The fraction of sp³-hybridized carbons (Fsp3) is 0.789. The Morgan fingerprint density at radius 3 is 2.29 bits per heavy atom. The van der Waals surface area contributed by atoms with Gasteiger partial charge in [-0.05, 0) is 38.0 Å². The molecule has 0 aromatic carbocycles. The summed E-state index contributed by atoms with van der Waals surface area (Å²) < 4.78 is 37.9. The maximum atomic E-state index is 12.6. The zero-order chi connectivity index (χ0) is 20.9. The lowest BCUT2D eigenvalue weighted by molar-refractivity contribution is -0.192. The number of carboxylic acids is 1. The van der Waals surface area contributed by atoms with Gasteiger partial charge >= 0.3 is 12.1 Å². The van der Waals surface area contributed by atoms with Crippen molar-refractivity contribution in [1.82, 2.24) is 9.80 Å². The number of rotatable bonds is 3. The second kappa shape index (κ2) is 9.73. The lowest BCUT2D eigenvalue weighted by Crippen LogP contribution is -2.50. The van der Waals surface area contributed by atoms with E-state index in [2.05, 4.69) is 18.4 Å². The summed E-state index contributed by atoms with van der Waals surface area (Å²) in [6.45, 7) is 9.94. The van der Waals surface area contributed by atoms with E-state index in [1.165, 1.54) is 0 Å². The molecule has 0 saturated carbocycles. The fourth-order valence-electron chi connectivity index (χ4n) is 4.02. The van der Waals surface area contributed by atoms with E-state index in [1.54, 1.807) is 0 Å². The first-order valence-corrected chi connectivity index (χ1v) is 9.72. The van der Waals surface area contributed by atoms with E-state index in [4.69, 9.17) is 14.6 Å². The van der Waals surface area contributed by atoms with Crippen LogP contribution in [-0.4, -0.2) is 77.4 Å². The predicted molar refractivity (Wildman–Crippen MR) is 96.7 cm³/mol. The second-order valence-corrected chi connectivity index (χ2v) is 7.69. The number of carboxylic acid groups (broad SMARTS) is 1. The molecule has 6 nitrogen and oxygen atoms in total. The highest BCUT2D eigenvalue weighted by atomic mass is 19.4. The molecule has 28 heavy (non-hydrogen) atoms. The first-order chi connectivity index (χ1) is 13.1. The lowest BCUT2D eigenvalue weighted by Gasteiger charge is -2.38. The molecule has 9 heteroatoms. The van der Waals surface area contributed by atoms with Crippen LogP contribution in [-0.2, 0) is 14.3 Å². The Balaban J connectivity index is 0.000000345. The maximum absolute atomic E-state index is 12.6. The van der Waals surface area contributed by atoms with Crippen molar-refractivity contribution >= 4 is 11.9 Å². The first kappa shape index (κ1) is 22.7. The molecule has 3 atom stereocenters. The molecule has 1 N–H and O–H groups in total. The molecule has 0 aliphatic carbocycles. The first-order valence-electron chi connectivity index (χ1n) is 9.72. The van der Waals surface area contributed by atoms with Crippen molar-refractivity contribution in [2.45, 2.75) is 63.5 Å². The molecular weight excluding hydrogens is 377 g/mol. The number of ether oxygens (including phenoxy) is 1. The number of fused-ring (bicyclic) bond motifs is 1. The number of alkyl halides is 3. The zero-order valence-electron chi connectivity index (χ0n) is 16.2. The molecular formula is C19H29F3N2O4. The molecule has 0 radical (unpaired) electrons. The van der Waals surface area contributed by atoms with Gasteiger partial charge in [0.2, 0.25) is 0 Å². The van der Waals surface area contributed by atoms with Crippen LogP contribution in [0.1, 0.15) is 39.0 Å². The minimum Gasteiger partial charge on any atom is -0.475 e. The normalized spacial score (nSPS) is 28.9. The molecule has 3 rings (SSSR count). The van der Waals surface area contributed by atoms with Crippen LogP contribution in [0.2, 0.25) is 0 Å². The SMILES string of the molecule is C=CCN1CC[C@H]2O[C@@H](C(=O)N3CCC(C)CC3)CC[C@H]21.O=C(O)C(F)(F)F. The Morgan fingerprint density at radius 2 is 1.75 bits per heavy atom. The number of likely N-dealkylation sites (tertiary alicyclic amines) is 2. The van der Waals surface area contributed by atoms with Crippen LogP contribution in [0.4, 0.5) is 13.2 Å². The lowest BCUT2D eigenvalue weighted by atomic mass is 9.96. The summed E-state index contributed by atoms with van der Waals surface area (Å²) in [5, 5.41) is 7.12. The van der Waals surface area contributed by atoms with Gasteiger partial charge < -0.3 is 14.7 Å². The summed E-state index contributed by atoms with van der Waals surface area (Å²) in [4.78, 5) is 26.0. The minimum absolute atomic E-state index is 0.191. The number of piperidine rings is 1. The molecule has 0 aromatic rings. The van der Waals surface area contributed by atoms with Crippen LogP contribution in [0.5, 0.6) is 0 Å². The second-order valence-electron chi connectivity index (χ2n) is 7.69. The molecule has 1 amide bonds. The van der Waals surface area contributed by atoms with Gasteiger partial charge in [-0.25, -0.2) is 4.79 Å². The smallest absolute Gasteiger partial charge is 0.475 e. The van der Waals surface area contributed by atoms with E-state index in [-0.39, 0.29) is 18.1 Å². The van der Waals surface area contributed by atoms with Crippen LogP contribution >= 0.6 is 0 Å². The average Bonchev–Trinajstić information content (AvgIpc) is 3.04. The van der Waals surface area contributed by atoms with Crippen molar-refractivity contribution in [2.24, 2.45) is 5.92 Å². The van der Waals surface area contributed by atoms with Crippen molar-refractivity contribution in [3.63, 3.8) is 0 Å². The third-order valence-corrected chi connectivity index (χ3v) is 5.64. The van der Waals surface area contributed by atoms with Gasteiger partial charge in [0.15, 0.2) is 0 Å². The van der Waals surface area contributed by atoms with Crippen molar-refractivity contribution in [3.05, 3.63) is 12.7 Å². The third-order valence-electron chi connectivity index (χ3n) is 5.64. The van der Waals surface area contributed by atoms with E-state index in [0.29, 0.717) is 6.04 Å². The summed E-state index contributed by atoms with van der Waals surface area (Å²) in [5.41, 5.74) is 0. The molecule has 3 saturated heterocycles. The predicted octanol–water partition coefficient (Wildman–Crippen LogP) is 2.69. The van der Waals surface area contributed by atoms with Crippen molar-refractivity contribution in [3.8, 4) is 0 Å². The molecule has 3 fully saturated rings. The Hall–Kier alpha value is -1.61. The molecule has 0 unspecified atom stereocenters. The number of nitrogens with zero attached hydrogens (tertiary/aromatic N) is 2. The summed E-state index contributed by atoms with van der Waals surface area (Å²) in [6, 6.07) is 0.494. The van der Waals surface area contributed by atoms with E-state index in [9.17, 15) is 18.0 Å². The van der Waals surface area contributed by atoms with Crippen LogP contribution in [0.15, 0.2) is 12.7 Å². The van der Waals surface area contributed by atoms with Gasteiger partial charge in [0.25, 0.3) is 5.91 Å². The highest BCUT2D eigenvalue weighted by molar-refractivity contribution is 5.81. The molecule has 0 spiro atoms. The van der Waals surface area contributed by atoms with E-state index in [1.807, 2.05) is 11.0 Å². The number of amides is 1. The number of hydrogen-bond acceptors (Lipinski definition) is 4. The summed E-state index contributed by atoms with van der Waals surface area (Å²) in [5.74, 6) is -1.76. The summed E-state index contributed by atoms with van der Waals surface area (Å²) in [7, 11) is 0. The minimum atomic E-state index is -5.08. The summed E-state index contributed by atoms with van der Waals surface area (Å²) >= 11 is 0. The highest BCUT2D eigenvalue weighted by Gasteiger charge is 2.42. The van der Waals surface area contributed by atoms with Gasteiger partial charge in [0.05, 0.1) is 6.10 Å². The van der Waals surface area contributed by atoms with Crippen LogP contribution < -0.4 is 0 Å². The van der Waals surface area contributed by atoms with Crippen LogP contribution in [0.3, 0.4) is 0 Å². The fourth-order valence-corrected chi connectivity index (χ4v) is 4.02. The topological polar surface area (TPSA) is 70.1 Å². The Bertz CT molecular complexity index is 562. The molecule has 160 valence electrons. The van der Waals surface area contributed by atoms with E-state index < -0.39 is 12.1 Å². The van der Waals surface area contributed by atoms with Crippen molar-refractivity contribution < 1.29 is 32.6 Å². The van der Waals surface area contributed by atoms with Gasteiger partial charge in [0, 0.05) is 32.2 Å². The Kier molecular flexibility index (Phi) is 7.88. The molecule has 0 bridgehead atoms. The van der Waals surface area contributed by atoms with Crippen molar-refractivity contribution in [2.75, 3.05) is 26.2 Å². The van der Waals surface area contributed by atoms with E-state index in [0.717, 1.165) is 64.2 Å². The number of carbonyl (C=O) groups is 2. The zero-order valence-corrected chi connectivity index (χ0v) is 16.2. The number of aliphatic carboxylic acids is 1. The monoisotopic (exact) mass is 406 g/mol. The van der Waals surface area contributed by atoms with Gasteiger partial charge in [-0.3, -0.25) is 9.69 Å². The number of carbonyl (C=O) groups excluding carboxylic acids is 1. The standard InChI is InChI=1S/C17H28N2O2.C2HF3O2/c1-3-9-18-12-8-15-14(18)4-5-16(21-15)17(20)19-10-6-13(2)7-11-19;3-2(4,5)1(6)7/h3,13-16H,1,4-12H2,2H3;(H,6,7)/t14-,15-,16-;/m1./s1. The third kappa shape index (κ3) is 5.94. The average molecular weight is 406 g/mol. The van der Waals surface area contributed by atoms with Gasteiger partial charge in [-0.1, -0.05) is 13.0 Å². The van der Waals surface area contributed by atoms with Crippen LogP contribution in [0.25, 0.3) is 0 Å². The number of hydrogen-bond donors (Lipinski definition) is 1. The van der Waals surface area contributed by atoms with E-state index >= 15 is 0 Å². The molecule has 3 aliphatic heterocycles. The maximum Gasteiger partial charge on any atom is 0.490 e. The number of halogens is 3. The Morgan fingerprint density at radius 1 is 1.14 bits per heavy atom. The van der Waals surface area contributed by atoms with Gasteiger partial charge in [-0.2, -0.15) is 13.2 Å². The summed E-state index contributed by atoms with van der Waals surface area (Å²) in [6.07, 6.45) is 2.22. The quantitative estimate of drug-likeness (QED) is 0.730. The Labute approximate surface area is 163 Å². The van der Waals surface area contributed by atoms with Crippen molar-refractivity contribution in [1.29, 1.82) is 0 Å². The largest absolute Gasteiger partial charge is 0.490 e.